The van der Waals surface area contributed by atoms with Gasteiger partial charge < -0.3 is 20.3 Å². The lowest BCUT2D eigenvalue weighted by Crippen LogP contribution is -2.48. The molecule has 1 atom stereocenters. The average molecular weight is 497 g/mol. The Balaban J connectivity index is 1.54. The second-order valence-electron chi connectivity index (χ2n) is 8.49. The van der Waals surface area contributed by atoms with Crippen LogP contribution in [0.2, 0.25) is 5.02 Å². The minimum atomic E-state index is -0.605. The summed E-state index contributed by atoms with van der Waals surface area (Å²) >= 11 is 6.06. The normalized spacial score (nSPS) is 19.0. The van der Waals surface area contributed by atoms with Gasteiger partial charge >= 0.3 is 12.0 Å². The van der Waals surface area contributed by atoms with E-state index in [4.69, 9.17) is 16.3 Å². The van der Waals surface area contributed by atoms with Crippen LogP contribution in [0, 0.1) is 0 Å². The van der Waals surface area contributed by atoms with Crippen molar-refractivity contribution in [2.24, 2.45) is 0 Å². The van der Waals surface area contributed by atoms with E-state index in [1.54, 1.807) is 31.2 Å². The second-order valence-corrected chi connectivity index (χ2v) is 8.92. The summed E-state index contributed by atoms with van der Waals surface area (Å²) < 4.78 is 5.35. The van der Waals surface area contributed by atoms with E-state index < -0.39 is 12.0 Å². The molecule has 8 nitrogen and oxygen atoms in total. The molecule has 2 aromatic carbocycles. The summed E-state index contributed by atoms with van der Waals surface area (Å²) in [6, 6.07) is 15.4. The van der Waals surface area contributed by atoms with Gasteiger partial charge in [0.1, 0.15) is 0 Å². The van der Waals surface area contributed by atoms with Crippen molar-refractivity contribution in [1.82, 2.24) is 20.4 Å². The number of benzene rings is 2. The van der Waals surface area contributed by atoms with Gasteiger partial charge in [-0.25, -0.2) is 9.59 Å². The SMILES string of the molecule is CCOC(=O)C1=C(CN2CCCN(C(=O)c3cccc(Cl)c3)CC2)NC(=O)NC1c1ccccc1. The average Bonchev–Trinajstić information content (AvgIpc) is 3.09. The summed E-state index contributed by atoms with van der Waals surface area (Å²) in [5, 5.41) is 6.21. The summed E-state index contributed by atoms with van der Waals surface area (Å²) in [6.45, 7) is 4.82. The number of urea groups is 1. The number of carbonyl (C=O) groups is 3. The minimum absolute atomic E-state index is 0.0555. The Morgan fingerprint density at radius 3 is 2.60 bits per heavy atom. The van der Waals surface area contributed by atoms with Crippen LogP contribution in [-0.2, 0) is 9.53 Å². The van der Waals surface area contributed by atoms with Crippen molar-refractivity contribution in [2.45, 2.75) is 19.4 Å². The Morgan fingerprint density at radius 1 is 1.06 bits per heavy atom. The van der Waals surface area contributed by atoms with Gasteiger partial charge in [0.2, 0.25) is 0 Å². The van der Waals surface area contributed by atoms with E-state index in [9.17, 15) is 14.4 Å². The fourth-order valence-electron chi connectivity index (χ4n) is 4.45. The third-order valence-electron chi connectivity index (χ3n) is 6.11. The first-order valence-corrected chi connectivity index (χ1v) is 12.1. The van der Waals surface area contributed by atoms with Crippen LogP contribution in [0.5, 0.6) is 0 Å². The third-order valence-corrected chi connectivity index (χ3v) is 6.35. The molecule has 2 N–H and O–H groups in total. The van der Waals surface area contributed by atoms with Crippen LogP contribution in [-0.4, -0.2) is 67.0 Å². The van der Waals surface area contributed by atoms with E-state index >= 15 is 0 Å². The van der Waals surface area contributed by atoms with E-state index in [0.29, 0.717) is 48.0 Å². The van der Waals surface area contributed by atoms with Crippen molar-refractivity contribution in [3.63, 3.8) is 0 Å². The van der Waals surface area contributed by atoms with Gasteiger partial charge in [-0.2, -0.15) is 0 Å². The number of nitrogens with one attached hydrogen (secondary N) is 2. The Hall–Kier alpha value is -3.36. The van der Waals surface area contributed by atoms with Crippen molar-refractivity contribution in [2.75, 3.05) is 39.3 Å². The maximum Gasteiger partial charge on any atom is 0.338 e. The number of rotatable bonds is 6. The molecule has 0 radical (unpaired) electrons. The minimum Gasteiger partial charge on any atom is -0.463 e. The van der Waals surface area contributed by atoms with Crippen molar-refractivity contribution in [3.8, 4) is 0 Å². The summed E-state index contributed by atoms with van der Waals surface area (Å²) in [7, 11) is 0. The predicted molar refractivity (Wildman–Crippen MR) is 133 cm³/mol. The predicted octanol–water partition coefficient (Wildman–Crippen LogP) is 3.36. The molecule has 35 heavy (non-hydrogen) atoms. The number of nitrogens with zero attached hydrogens (tertiary/aromatic N) is 2. The number of hydrogen-bond acceptors (Lipinski definition) is 5. The van der Waals surface area contributed by atoms with Crippen LogP contribution in [0.4, 0.5) is 4.79 Å². The Labute approximate surface area is 209 Å². The van der Waals surface area contributed by atoms with Gasteiger partial charge in [-0.3, -0.25) is 9.69 Å². The highest BCUT2D eigenvalue weighted by Gasteiger charge is 2.34. The van der Waals surface area contributed by atoms with Crippen molar-refractivity contribution in [3.05, 3.63) is 82.0 Å². The molecule has 2 aliphatic heterocycles. The first-order valence-electron chi connectivity index (χ1n) is 11.8. The zero-order chi connectivity index (χ0) is 24.8. The number of hydrogen-bond donors (Lipinski definition) is 2. The molecule has 0 saturated carbocycles. The highest BCUT2D eigenvalue weighted by Crippen LogP contribution is 2.28. The largest absolute Gasteiger partial charge is 0.463 e. The first-order chi connectivity index (χ1) is 17.0. The molecule has 1 saturated heterocycles. The molecule has 2 aliphatic rings. The quantitative estimate of drug-likeness (QED) is 0.598. The molecule has 2 aromatic rings. The van der Waals surface area contributed by atoms with E-state index in [1.807, 2.05) is 35.2 Å². The first kappa shape index (κ1) is 24.8. The number of ether oxygens (including phenoxy) is 1. The van der Waals surface area contributed by atoms with E-state index in [1.165, 1.54) is 0 Å². The lowest BCUT2D eigenvalue weighted by molar-refractivity contribution is -0.139. The second kappa shape index (κ2) is 11.4. The fraction of sp³-hybridized carbons (Fsp3) is 0.346. The summed E-state index contributed by atoms with van der Waals surface area (Å²) in [5.41, 5.74) is 2.29. The third kappa shape index (κ3) is 6.01. The van der Waals surface area contributed by atoms with Crippen LogP contribution in [0.25, 0.3) is 0 Å². The van der Waals surface area contributed by atoms with Gasteiger partial charge in [0, 0.05) is 49.0 Å². The van der Waals surface area contributed by atoms with E-state index in [0.717, 1.165) is 18.5 Å². The number of esters is 1. The van der Waals surface area contributed by atoms with Gasteiger partial charge in [0.25, 0.3) is 5.91 Å². The summed E-state index contributed by atoms with van der Waals surface area (Å²) in [6.07, 6.45) is 0.767. The van der Waals surface area contributed by atoms with Crippen LogP contribution < -0.4 is 10.6 Å². The molecule has 0 aliphatic carbocycles. The van der Waals surface area contributed by atoms with Crippen LogP contribution in [0.15, 0.2) is 65.9 Å². The van der Waals surface area contributed by atoms with Gasteiger partial charge in [0.15, 0.2) is 0 Å². The highest BCUT2D eigenvalue weighted by atomic mass is 35.5. The number of carbonyl (C=O) groups excluding carboxylic acids is 3. The monoisotopic (exact) mass is 496 g/mol. The van der Waals surface area contributed by atoms with Gasteiger partial charge in [-0.05, 0) is 37.1 Å². The maximum absolute atomic E-state index is 13.0. The number of halogens is 1. The molecule has 0 aromatic heterocycles. The van der Waals surface area contributed by atoms with E-state index in [2.05, 4.69) is 15.5 Å². The molecule has 0 bridgehead atoms. The molecule has 2 heterocycles. The smallest absolute Gasteiger partial charge is 0.338 e. The van der Waals surface area contributed by atoms with Crippen LogP contribution in [0.1, 0.15) is 35.3 Å². The van der Waals surface area contributed by atoms with Gasteiger partial charge in [-0.1, -0.05) is 48.0 Å². The molecular formula is C26H29ClN4O4. The van der Waals surface area contributed by atoms with E-state index in [-0.39, 0.29) is 18.5 Å². The zero-order valence-corrected chi connectivity index (χ0v) is 20.4. The topological polar surface area (TPSA) is 91.0 Å². The van der Waals surface area contributed by atoms with Gasteiger partial charge in [0.05, 0.1) is 18.2 Å². The molecule has 1 fully saturated rings. The van der Waals surface area contributed by atoms with Crippen LogP contribution in [0.3, 0.4) is 0 Å². The summed E-state index contributed by atoms with van der Waals surface area (Å²) in [4.78, 5) is 42.4. The lowest BCUT2D eigenvalue weighted by atomic mass is 9.95. The van der Waals surface area contributed by atoms with Crippen molar-refractivity contribution in [1.29, 1.82) is 0 Å². The standard InChI is InChI=1S/C26H29ClN4O4/c1-2-35-25(33)22-21(28-26(34)29-23(22)18-8-4-3-5-9-18)17-30-12-7-13-31(15-14-30)24(32)19-10-6-11-20(27)16-19/h3-6,8-11,16,23H,2,7,12-15,17H2,1H3,(H2,28,29,34). The lowest BCUT2D eigenvalue weighted by Gasteiger charge is -2.32. The summed E-state index contributed by atoms with van der Waals surface area (Å²) in [5.74, 6) is -0.517. The Bertz CT molecular complexity index is 1120. The molecule has 184 valence electrons. The fourth-order valence-corrected chi connectivity index (χ4v) is 4.64. The Kier molecular flexibility index (Phi) is 8.05. The molecular weight excluding hydrogens is 468 g/mol. The number of amides is 3. The maximum atomic E-state index is 13.0. The molecule has 3 amide bonds. The molecule has 1 unspecified atom stereocenters. The Morgan fingerprint density at radius 2 is 1.86 bits per heavy atom. The zero-order valence-electron chi connectivity index (χ0n) is 19.6. The van der Waals surface area contributed by atoms with Crippen molar-refractivity contribution >= 4 is 29.5 Å². The highest BCUT2D eigenvalue weighted by molar-refractivity contribution is 6.30. The molecule has 0 spiro atoms. The van der Waals surface area contributed by atoms with Crippen LogP contribution >= 0.6 is 11.6 Å². The molecule has 9 heteroatoms. The van der Waals surface area contributed by atoms with Crippen molar-refractivity contribution < 1.29 is 19.1 Å². The molecule has 4 rings (SSSR count). The van der Waals surface area contributed by atoms with Gasteiger partial charge in [-0.15, -0.1) is 0 Å².